The summed E-state index contributed by atoms with van der Waals surface area (Å²) < 4.78 is 12.1. The monoisotopic (exact) mass is 394 g/mol. The summed E-state index contributed by atoms with van der Waals surface area (Å²) >= 11 is 0. The molecule has 0 spiro atoms. The molecule has 1 atom stereocenters. The topological polar surface area (TPSA) is 83.0 Å². The van der Waals surface area contributed by atoms with Crippen LogP contribution in [0.15, 0.2) is 35.1 Å². The Kier molecular flexibility index (Phi) is 5.58. The molecule has 2 aromatic heterocycles. The highest BCUT2D eigenvalue weighted by atomic mass is 16.5. The number of ether oxygens (including phenoxy) is 1. The lowest BCUT2D eigenvalue weighted by Crippen LogP contribution is -2.06. The number of ketones is 1. The number of aryl methyl sites for hydroxylation is 1. The summed E-state index contributed by atoms with van der Waals surface area (Å²) in [4.78, 5) is 17.2. The summed E-state index contributed by atoms with van der Waals surface area (Å²) in [6.45, 7) is 5.28. The van der Waals surface area contributed by atoms with Crippen LogP contribution in [0.4, 0.5) is 0 Å². The van der Waals surface area contributed by atoms with Gasteiger partial charge in [0.1, 0.15) is 0 Å². The van der Waals surface area contributed by atoms with E-state index in [0.717, 1.165) is 18.4 Å². The fourth-order valence-electron chi connectivity index (χ4n) is 3.80. The molecule has 1 aromatic carbocycles. The number of hydrogen-bond acceptors (Lipinski definition) is 6. The molecule has 0 N–H and O–H groups in total. The largest absolute Gasteiger partial charge is 0.383 e. The minimum absolute atomic E-state index is 0.135. The SMILES string of the molecule is COCCn1cc(C(=O)C[C@@H]2CCc3cc(-c4noc(C(C)C)n4)ccc32)cn1. The number of carbonyl (C=O) groups excluding carboxylic acids is 1. The summed E-state index contributed by atoms with van der Waals surface area (Å²) in [5.74, 6) is 1.86. The minimum atomic E-state index is 0.135. The number of rotatable bonds is 8. The van der Waals surface area contributed by atoms with Gasteiger partial charge in [0.25, 0.3) is 0 Å². The van der Waals surface area contributed by atoms with Crippen LogP contribution in [0.3, 0.4) is 0 Å². The Hall–Kier alpha value is -2.80. The molecule has 1 aliphatic rings. The molecule has 7 heteroatoms. The predicted molar refractivity (Wildman–Crippen MR) is 108 cm³/mol. The first kappa shape index (κ1) is 19.5. The number of carbonyl (C=O) groups is 1. The molecule has 7 nitrogen and oxygen atoms in total. The quantitative estimate of drug-likeness (QED) is 0.537. The maximum atomic E-state index is 12.7. The third kappa shape index (κ3) is 4.15. The predicted octanol–water partition coefficient (Wildman–Crippen LogP) is 4.01. The normalized spacial score (nSPS) is 15.8. The second-order valence-electron chi connectivity index (χ2n) is 7.87. The number of fused-ring (bicyclic) bond motifs is 1. The summed E-state index contributed by atoms with van der Waals surface area (Å²) in [6, 6.07) is 6.28. The van der Waals surface area contributed by atoms with Gasteiger partial charge in [-0.3, -0.25) is 9.48 Å². The zero-order valence-electron chi connectivity index (χ0n) is 17.1. The molecule has 0 saturated carbocycles. The van der Waals surface area contributed by atoms with E-state index in [1.807, 2.05) is 26.1 Å². The van der Waals surface area contributed by atoms with Crippen LogP contribution in [-0.2, 0) is 17.7 Å². The zero-order valence-corrected chi connectivity index (χ0v) is 17.1. The molecule has 29 heavy (non-hydrogen) atoms. The van der Waals surface area contributed by atoms with Crippen LogP contribution in [0.5, 0.6) is 0 Å². The van der Waals surface area contributed by atoms with Gasteiger partial charge in [0.2, 0.25) is 11.7 Å². The molecule has 1 aliphatic carbocycles. The van der Waals surface area contributed by atoms with Gasteiger partial charge >= 0.3 is 0 Å². The van der Waals surface area contributed by atoms with Crippen molar-refractivity contribution >= 4 is 5.78 Å². The van der Waals surface area contributed by atoms with E-state index < -0.39 is 0 Å². The van der Waals surface area contributed by atoms with Crippen LogP contribution in [0, 0.1) is 0 Å². The Morgan fingerprint density at radius 2 is 2.24 bits per heavy atom. The Morgan fingerprint density at radius 3 is 3.00 bits per heavy atom. The van der Waals surface area contributed by atoms with Crippen molar-refractivity contribution in [2.75, 3.05) is 13.7 Å². The molecular formula is C22H26N4O3. The van der Waals surface area contributed by atoms with Crippen molar-refractivity contribution in [2.24, 2.45) is 0 Å². The second kappa shape index (κ2) is 8.29. The van der Waals surface area contributed by atoms with Crippen LogP contribution in [0.1, 0.15) is 65.9 Å². The van der Waals surface area contributed by atoms with E-state index in [2.05, 4.69) is 27.4 Å². The van der Waals surface area contributed by atoms with Gasteiger partial charge in [0.05, 0.1) is 24.9 Å². The lowest BCUT2D eigenvalue weighted by molar-refractivity contribution is 0.0973. The molecule has 0 radical (unpaired) electrons. The molecule has 0 amide bonds. The Balaban J connectivity index is 1.46. The van der Waals surface area contributed by atoms with Crippen molar-refractivity contribution < 1.29 is 14.1 Å². The van der Waals surface area contributed by atoms with E-state index in [0.29, 0.717) is 36.9 Å². The molecule has 3 aromatic rings. The van der Waals surface area contributed by atoms with E-state index in [9.17, 15) is 4.79 Å². The number of nitrogens with zero attached hydrogens (tertiary/aromatic N) is 4. The highest BCUT2D eigenvalue weighted by Gasteiger charge is 2.26. The summed E-state index contributed by atoms with van der Waals surface area (Å²) in [7, 11) is 1.65. The van der Waals surface area contributed by atoms with Crippen molar-refractivity contribution in [1.82, 2.24) is 19.9 Å². The fourth-order valence-corrected chi connectivity index (χ4v) is 3.80. The molecule has 0 bridgehead atoms. The van der Waals surface area contributed by atoms with Gasteiger partial charge in [0, 0.05) is 31.2 Å². The maximum Gasteiger partial charge on any atom is 0.229 e. The van der Waals surface area contributed by atoms with Crippen LogP contribution >= 0.6 is 0 Å². The first-order valence-corrected chi connectivity index (χ1v) is 10.1. The van der Waals surface area contributed by atoms with Gasteiger partial charge < -0.3 is 9.26 Å². The zero-order chi connectivity index (χ0) is 20.4. The van der Waals surface area contributed by atoms with E-state index in [4.69, 9.17) is 9.26 Å². The molecule has 0 unspecified atom stereocenters. The minimum Gasteiger partial charge on any atom is -0.383 e. The van der Waals surface area contributed by atoms with Crippen LogP contribution in [-0.4, -0.2) is 39.4 Å². The van der Waals surface area contributed by atoms with Gasteiger partial charge in [-0.25, -0.2) is 0 Å². The van der Waals surface area contributed by atoms with Crippen molar-refractivity contribution in [3.63, 3.8) is 0 Å². The molecule has 152 valence electrons. The standard InChI is InChI=1S/C22H26N4O3/c1-14(2)22-24-21(25-29-22)17-6-7-19-15(10-17)4-5-16(19)11-20(27)18-12-23-26(13-18)8-9-28-3/h6-7,10,12-14,16H,4-5,8-9,11H2,1-3H3/t16-/m0/s1. The second-order valence-corrected chi connectivity index (χ2v) is 7.87. The van der Waals surface area contributed by atoms with Crippen LogP contribution < -0.4 is 0 Å². The molecule has 4 rings (SSSR count). The number of benzene rings is 1. The number of hydrogen-bond donors (Lipinski definition) is 0. The van der Waals surface area contributed by atoms with Gasteiger partial charge in [0.15, 0.2) is 5.78 Å². The number of methoxy groups -OCH3 is 1. The van der Waals surface area contributed by atoms with Gasteiger partial charge in [-0.1, -0.05) is 31.1 Å². The average molecular weight is 394 g/mol. The first-order valence-electron chi connectivity index (χ1n) is 10.1. The highest BCUT2D eigenvalue weighted by molar-refractivity contribution is 5.96. The van der Waals surface area contributed by atoms with E-state index in [1.54, 1.807) is 18.0 Å². The maximum absolute atomic E-state index is 12.7. The molecule has 0 aliphatic heterocycles. The third-order valence-electron chi connectivity index (χ3n) is 5.45. The van der Waals surface area contributed by atoms with Crippen molar-refractivity contribution in [2.45, 2.75) is 51.5 Å². The molecule has 0 fully saturated rings. The third-order valence-corrected chi connectivity index (χ3v) is 5.45. The van der Waals surface area contributed by atoms with Crippen molar-refractivity contribution in [3.05, 3.63) is 53.2 Å². The van der Waals surface area contributed by atoms with E-state index in [-0.39, 0.29) is 17.6 Å². The highest BCUT2D eigenvalue weighted by Crippen LogP contribution is 2.38. The van der Waals surface area contributed by atoms with Gasteiger partial charge in [-0.05, 0) is 36.0 Å². The smallest absolute Gasteiger partial charge is 0.229 e. The van der Waals surface area contributed by atoms with Crippen molar-refractivity contribution in [3.8, 4) is 11.4 Å². The van der Waals surface area contributed by atoms with Gasteiger partial charge in [-0.15, -0.1) is 0 Å². The average Bonchev–Trinajstić information content (AvgIpc) is 3.45. The lowest BCUT2D eigenvalue weighted by atomic mass is 9.93. The number of Topliss-reactive ketones (excluding diaryl/α,β-unsaturated/α-hetero) is 1. The van der Waals surface area contributed by atoms with Crippen LogP contribution in [0.2, 0.25) is 0 Å². The Labute approximate surface area is 170 Å². The summed E-state index contributed by atoms with van der Waals surface area (Å²) in [5.41, 5.74) is 4.15. The first-order chi connectivity index (χ1) is 14.0. The van der Waals surface area contributed by atoms with Gasteiger partial charge in [-0.2, -0.15) is 10.1 Å². The summed E-state index contributed by atoms with van der Waals surface area (Å²) in [5, 5.41) is 8.35. The van der Waals surface area contributed by atoms with Crippen molar-refractivity contribution in [1.29, 1.82) is 0 Å². The molecular weight excluding hydrogens is 368 g/mol. The Bertz CT molecular complexity index is 1010. The fraction of sp³-hybridized carbons (Fsp3) is 0.455. The summed E-state index contributed by atoms with van der Waals surface area (Å²) in [6.07, 6.45) is 5.90. The number of aromatic nitrogens is 4. The Morgan fingerprint density at radius 1 is 1.38 bits per heavy atom. The molecule has 0 saturated heterocycles. The van der Waals surface area contributed by atoms with E-state index >= 15 is 0 Å². The van der Waals surface area contributed by atoms with E-state index in [1.165, 1.54) is 11.1 Å². The van der Waals surface area contributed by atoms with Crippen LogP contribution in [0.25, 0.3) is 11.4 Å². The lowest BCUT2D eigenvalue weighted by Gasteiger charge is -2.10. The molecule has 2 heterocycles.